The summed E-state index contributed by atoms with van der Waals surface area (Å²) in [6.07, 6.45) is 5.58. The number of ether oxygens (including phenoxy) is 2. The number of likely N-dealkylation sites (tertiary alicyclic amines) is 1. The molecule has 2 aromatic heterocycles. The molecule has 0 N–H and O–H groups in total. The predicted octanol–water partition coefficient (Wildman–Crippen LogP) is 3.40. The quantitative estimate of drug-likeness (QED) is 0.631. The fraction of sp³-hybridized carbons (Fsp3) is 0.364. The Kier molecular flexibility index (Phi) is 5.30. The summed E-state index contributed by atoms with van der Waals surface area (Å²) in [5.74, 6) is 3.25. The number of hydrogen-bond acceptors (Lipinski definition) is 5. The average Bonchev–Trinajstić information content (AvgIpc) is 3.07. The molecule has 0 amide bonds. The Labute approximate surface area is 165 Å². The topological polar surface area (TPSA) is 52.4 Å². The summed E-state index contributed by atoms with van der Waals surface area (Å²) in [5, 5.41) is 0. The van der Waals surface area contributed by atoms with Gasteiger partial charge in [-0.25, -0.2) is 4.98 Å². The smallest absolute Gasteiger partial charge is 0.165 e. The molecular formula is C22H26N4O2. The molecule has 1 fully saturated rings. The minimum atomic E-state index is 0.616. The zero-order chi connectivity index (χ0) is 19.5. The third-order valence-corrected chi connectivity index (χ3v) is 5.35. The van der Waals surface area contributed by atoms with Crippen molar-refractivity contribution < 1.29 is 9.47 Å². The zero-order valence-electron chi connectivity index (χ0n) is 16.6. The van der Waals surface area contributed by atoms with Crippen LogP contribution in [0.15, 0.2) is 48.9 Å². The summed E-state index contributed by atoms with van der Waals surface area (Å²) in [6, 6.07) is 10.1. The summed E-state index contributed by atoms with van der Waals surface area (Å²) < 4.78 is 13.3. The molecule has 1 aliphatic heterocycles. The molecule has 6 heteroatoms. The van der Waals surface area contributed by atoms with Crippen LogP contribution < -0.4 is 9.47 Å². The second-order valence-corrected chi connectivity index (χ2v) is 7.28. The van der Waals surface area contributed by atoms with E-state index >= 15 is 0 Å². The van der Waals surface area contributed by atoms with Crippen molar-refractivity contribution >= 4 is 0 Å². The standard InChI is InChI=1S/C22H26N4O2/c1-16-11-24-22(18-7-9-23-10-8-18)26(16)14-17-12-25(13-17)15-19-5-4-6-20(27-2)21(19)28-3/h4-11,17H,12-15H2,1-3H3. The van der Waals surface area contributed by atoms with Gasteiger partial charge in [-0.2, -0.15) is 0 Å². The van der Waals surface area contributed by atoms with Crippen LogP contribution in [0, 0.1) is 12.8 Å². The molecule has 146 valence electrons. The van der Waals surface area contributed by atoms with Gasteiger partial charge in [0.15, 0.2) is 11.5 Å². The molecule has 28 heavy (non-hydrogen) atoms. The number of para-hydroxylation sites is 1. The van der Waals surface area contributed by atoms with E-state index in [0.717, 1.165) is 54.6 Å². The molecule has 0 radical (unpaired) electrons. The maximum atomic E-state index is 5.56. The van der Waals surface area contributed by atoms with Gasteiger partial charge in [0.05, 0.1) is 14.2 Å². The van der Waals surface area contributed by atoms with Crippen molar-refractivity contribution in [2.24, 2.45) is 5.92 Å². The minimum Gasteiger partial charge on any atom is -0.493 e. The molecule has 1 aliphatic rings. The molecule has 6 nitrogen and oxygen atoms in total. The first-order chi connectivity index (χ1) is 13.7. The molecule has 0 bridgehead atoms. The molecule has 0 atom stereocenters. The van der Waals surface area contributed by atoms with Crippen LogP contribution in [0.2, 0.25) is 0 Å². The molecule has 0 saturated carbocycles. The van der Waals surface area contributed by atoms with Gasteiger partial charge in [0, 0.05) is 67.5 Å². The number of aromatic nitrogens is 3. The monoisotopic (exact) mass is 378 g/mol. The minimum absolute atomic E-state index is 0.616. The Morgan fingerprint density at radius 1 is 1.07 bits per heavy atom. The maximum Gasteiger partial charge on any atom is 0.165 e. The predicted molar refractivity (Wildman–Crippen MR) is 109 cm³/mol. The average molecular weight is 378 g/mol. The fourth-order valence-electron chi connectivity index (χ4n) is 3.92. The van der Waals surface area contributed by atoms with Crippen molar-refractivity contribution in [3.63, 3.8) is 0 Å². The van der Waals surface area contributed by atoms with Gasteiger partial charge in [0.2, 0.25) is 0 Å². The SMILES string of the molecule is COc1cccc(CN2CC(Cn3c(C)cnc3-c3ccncc3)C2)c1OC. The van der Waals surface area contributed by atoms with Crippen LogP contribution in [0.4, 0.5) is 0 Å². The van der Waals surface area contributed by atoms with Gasteiger partial charge in [-0.1, -0.05) is 12.1 Å². The molecule has 0 spiro atoms. The second kappa shape index (κ2) is 8.02. The highest BCUT2D eigenvalue weighted by molar-refractivity contribution is 5.55. The van der Waals surface area contributed by atoms with E-state index in [1.54, 1.807) is 14.2 Å². The van der Waals surface area contributed by atoms with Gasteiger partial charge in [-0.05, 0) is 25.1 Å². The molecule has 0 unspecified atom stereocenters. The highest BCUT2D eigenvalue weighted by atomic mass is 16.5. The molecule has 1 saturated heterocycles. The van der Waals surface area contributed by atoms with Crippen molar-refractivity contribution in [3.8, 4) is 22.9 Å². The number of rotatable bonds is 7. The van der Waals surface area contributed by atoms with Crippen LogP contribution in [-0.2, 0) is 13.1 Å². The Morgan fingerprint density at radius 2 is 1.86 bits per heavy atom. The fourth-order valence-corrected chi connectivity index (χ4v) is 3.92. The summed E-state index contributed by atoms with van der Waals surface area (Å²) >= 11 is 0. The zero-order valence-corrected chi connectivity index (χ0v) is 16.6. The molecule has 3 heterocycles. The van der Waals surface area contributed by atoms with E-state index in [2.05, 4.69) is 32.4 Å². The lowest BCUT2D eigenvalue weighted by Crippen LogP contribution is -2.47. The lowest BCUT2D eigenvalue weighted by atomic mass is 9.98. The van der Waals surface area contributed by atoms with E-state index in [1.807, 2.05) is 42.9 Å². The summed E-state index contributed by atoms with van der Waals surface area (Å²) in [5.41, 5.74) is 3.47. The van der Waals surface area contributed by atoms with Crippen LogP contribution in [0.1, 0.15) is 11.3 Å². The third-order valence-electron chi connectivity index (χ3n) is 5.35. The largest absolute Gasteiger partial charge is 0.493 e. The lowest BCUT2D eigenvalue weighted by Gasteiger charge is -2.40. The van der Waals surface area contributed by atoms with Gasteiger partial charge in [-0.15, -0.1) is 0 Å². The molecule has 4 rings (SSSR count). The molecule has 0 aliphatic carbocycles. The third kappa shape index (κ3) is 3.60. The van der Waals surface area contributed by atoms with Crippen LogP contribution in [-0.4, -0.2) is 46.7 Å². The number of hydrogen-bond donors (Lipinski definition) is 0. The van der Waals surface area contributed by atoms with Crippen molar-refractivity contribution in [2.45, 2.75) is 20.0 Å². The van der Waals surface area contributed by atoms with E-state index in [9.17, 15) is 0 Å². The van der Waals surface area contributed by atoms with Crippen LogP contribution in [0.25, 0.3) is 11.4 Å². The summed E-state index contributed by atoms with van der Waals surface area (Å²) in [6.45, 7) is 6.10. The van der Waals surface area contributed by atoms with Gasteiger partial charge >= 0.3 is 0 Å². The van der Waals surface area contributed by atoms with Gasteiger partial charge < -0.3 is 14.0 Å². The van der Waals surface area contributed by atoms with Crippen LogP contribution >= 0.6 is 0 Å². The number of nitrogens with zero attached hydrogens (tertiary/aromatic N) is 4. The van der Waals surface area contributed by atoms with E-state index < -0.39 is 0 Å². The summed E-state index contributed by atoms with van der Waals surface area (Å²) in [7, 11) is 3.37. The Bertz CT molecular complexity index is 933. The van der Waals surface area contributed by atoms with Crippen molar-refractivity contribution in [2.75, 3.05) is 27.3 Å². The lowest BCUT2D eigenvalue weighted by molar-refractivity contribution is 0.0793. The Balaban J connectivity index is 1.41. The Hall–Kier alpha value is -2.86. The van der Waals surface area contributed by atoms with E-state index in [-0.39, 0.29) is 0 Å². The molecule has 1 aromatic carbocycles. The Morgan fingerprint density at radius 3 is 2.57 bits per heavy atom. The maximum absolute atomic E-state index is 5.56. The van der Waals surface area contributed by atoms with Crippen molar-refractivity contribution in [1.29, 1.82) is 0 Å². The van der Waals surface area contributed by atoms with Gasteiger partial charge in [-0.3, -0.25) is 9.88 Å². The summed E-state index contributed by atoms with van der Waals surface area (Å²) in [4.78, 5) is 11.2. The van der Waals surface area contributed by atoms with Crippen molar-refractivity contribution in [3.05, 3.63) is 60.2 Å². The van der Waals surface area contributed by atoms with Crippen LogP contribution in [0.5, 0.6) is 11.5 Å². The van der Waals surface area contributed by atoms with Gasteiger partial charge in [0.25, 0.3) is 0 Å². The highest BCUT2D eigenvalue weighted by Gasteiger charge is 2.29. The molecule has 3 aromatic rings. The molecular weight excluding hydrogens is 352 g/mol. The number of pyridine rings is 1. The first-order valence-corrected chi connectivity index (χ1v) is 9.54. The number of aryl methyl sites for hydroxylation is 1. The number of imidazole rings is 1. The first-order valence-electron chi connectivity index (χ1n) is 9.54. The van der Waals surface area contributed by atoms with Crippen molar-refractivity contribution in [1.82, 2.24) is 19.4 Å². The normalized spacial score (nSPS) is 14.7. The van der Waals surface area contributed by atoms with E-state index in [0.29, 0.717) is 5.92 Å². The highest BCUT2D eigenvalue weighted by Crippen LogP contribution is 2.33. The van der Waals surface area contributed by atoms with Gasteiger partial charge in [0.1, 0.15) is 5.82 Å². The van der Waals surface area contributed by atoms with Crippen LogP contribution in [0.3, 0.4) is 0 Å². The second-order valence-electron chi connectivity index (χ2n) is 7.28. The first kappa shape index (κ1) is 18.5. The number of benzene rings is 1. The van der Waals surface area contributed by atoms with E-state index in [1.165, 1.54) is 5.69 Å². The van der Waals surface area contributed by atoms with E-state index in [4.69, 9.17) is 9.47 Å². The number of methoxy groups -OCH3 is 2.